The predicted molar refractivity (Wildman–Crippen MR) is 117 cm³/mol. The van der Waals surface area contributed by atoms with E-state index in [1.54, 1.807) is 31.2 Å². The van der Waals surface area contributed by atoms with Crippen molar-refractivity contribution in [2.45, 2.75) is 20.0 Å². The molecule has 2 N–H and O–H groups in total. The molecule has 0 heterocycles. The van der Waals surface area contributed by atoms with Gasteiger partial charge in [-0.1, -0.05) is 30.3 Å². The molecule has 0 bridgehead atoms. The summed E-state index contributed by atoms with van der Waals surface area (Å²) < 4.78 is 18.6. The average molecular weight is 419 g/mol. The highest BCUT2D eigenvalue weighted by Crippen LogP contribution is 2.17. The Morgan fingerprint density at radius 2 is 1.61 bits per heavy atom. The van der Waals surface area contributed by atoms with Gasteiger partial charge in [0, 0.05) is 17.0 Å². The Hall–Kier alpha value is -4.00. The van der Waals surface area contributed by atoms with Crippen LogP contribution in [0.25, 0.3) is 0 Å². The van der Waals surface area contributed by atoms with Crippen molar-refractivity contribution in [3.8, 4) is 5.75 Å². The first-order valence-electron chi connectivity index (χ1n) is 9.65. The van der Waals surface area contributed by atoms with Crippen LogP contribution >= 0.6 is 0 Å². The van der Waals surface area contributed by atoms with Crippen LogP contribution in [-0.2, 0) is 11.4 Å². The van der Waals surface area contributed by atoms with Gasteiger partial charge in [-0.3, -0.25) is 9.59 Å². The minimum absolute atomic E-state index is 0.00988. The number of carbonyl (C=O) groups is 2. The molecule has 0 radical (unpaired) electrons. The Labute approximate surface area is 179 Å². The number of nitrogens with zero attached hydrogens (tertiary/aromatic N) is 1. The van der Waals surface area contributed by atoms with Gasteiger partial charge in [0.15, 0.2) is 0 Å². The van der Waals surface area contributed by atoms with E-state index >= 15 is 0 Å². The predicted octanol–water partition coefficient (Wildman–Crippen LogP) is 4.54. The molecule has 0 aliphatic heterocycles. The normalized spacial score (nSPS) is 11.0. The number of halogens is 1. The molecule has 0 saturated carbocycles. The second-order valence-electron chi connectivity index (χ2n) is 6.82. The number of nitrogens with one attached hydrogen (secondary N) is 2. The zero-order valence-electron chi connectivity index (χ0n) is 17.0. The van der Waals surface area contributed by atoms with E-state index in [0.717, 1.165) is 5.56 Å². The number of anilines is 1. The minimum atomic E-state index is -0.481. The lowest BCUT2D eigenvalue weighted by Crippen LogP contribution is -2.21. The second-order valence-corrected chi connectivity index (χ2v) is 6.82. The molecule has 0 unspecified atom stereocenters. The molecule has 0 fully saturated rings. The topological polar surface area (TPSA) is 79.8 Å². The molecule has 0 spiro atoms. The van der Waals surface area contributed by atoms with Gasteiger partial charge in [-0.15, -0.1) is 0 Å². The third kappa shape index (κ3) is 7.08. The van der Waals surface area contributed by atoms with Crippen LogP contribution in [0.15, 0.2) is 84.0 Å². The van der Waals surface area contributed by atoms with E-state index in [4.69, 9.17) is 4.74 Å². The largest absolute Gasteiger partial charge is 0.489 e. The van der Waals surface area contributed by atoms with Crippen molar-refractivity contribution in [3.63, 3.8) is 0 Å². The van der Waals surface area contributed by atoms with Gasteiger partial charge in [-0.05, 0) is 61.0 Å². The van der Waals surface area contributed by atoms with Crippen LogP contribution < -0.4 is 15.5 Å². The van der Waals surface area contributed by atoms with Crippen LogP contribution in [0, 0.1) is 5.82 Å². The van der Waals surface area contributed by atoms with Gasteiger partial charge in [0.05, 0.1) is 6.42 Å². The van der Waals surface area contributed by atoms with Crippen LogP contribution in [0.4, 0.5) is 10.1 Å². The molecular formula is C24H22FN3O3. The van der Waals surface area contributed by atoms with Gasteiger partial charge >= 0.3 is 0 Å². The van der Waals surface area contributed by atoms with E-state index in [9.17, 15) is 14.0 Å². The smallest absolute Gasteiger partial charge is 0.271 e. The first-order valence-corrected chi connectivity index (χ1v) is 9.65. The van der Waals surface area contributed by atoms with Gasteiger partial charge in [0.1, 0.15) is 18.2 Å². The summed E-state index contributed by atoms with van der Waals surface area (Å²) in [4.78, 5) is 24.2. The second kappa shape index (κ2) is 10.7. The van der Waals surface area contributed by atoms with Gasteiger partial charge in [0.2, 0.25) is 5.91 Å². The van der Waals surface area contributed by atoms with E-state index in [2.05, 4.69) is 15.8 Å². The van der Waals surface area contributed by atoms with Crippen molar-refractivity contribution < 1.29 is 18.7 Å². The molecule has 3 aromatic rings. The summed E-state index contributed by atoms with van der Waals surface area (Å²) in [5, 5.41) is 6.68. The van der Waals surface area contributed by atoms with E-state index in [-0.39, 0.29) is 17.9 Å². The lowest BCUT2D eigenvalue weighted by molar-refractivity contribution is -0.115. The van der Waals surface area contributed by atoms with Crippen molar-refractivity contribution in [3.05, 3.63) is 95.8 Å². The van der Waals surface area contributed by atoms with Crippen LogP contribution in [0.3, 0.4) is 0 Å². The molecule has 0 atom stereocenters. The fraction of sp³-hybridized carbons (Fsp3) is 0.125. The van der Waals surface area contributed by atoms with Crippen molar-refractivity contribution >= 4 is 23.2 Å². The molecule has 3 rings (SSSR count). The molecule has 0 saturated heterocycles. The Morgan fingerprint density at radius 3 is 2.29 bits per heavy atom. The van der Waals surface area contributed by atoms with Crippen LogP contribution in [-0.4, -0.2) is 17.5 Å². The highest BCUT2D eigenvalue weighted by atomic mass is 19.1. The van der Waals surface area contributed by atoms with Crippen LogP contribution in [0.2, 0.25) is 0 Å². The number of hydrogen-bond donors (Lipinski definition) is 2. The van der Waals surface area contributed by atoms with Gasteiger partial charge in [0.25, 0.3) is 5.91 Å². The molecular weight excluding hydrogens is 397 g/mol. The van der Waals surface area contributed by atoms with Crippen molar-refractivity contribution in [2.24, 2.45) is 5.10 Å². The number of hydrogen-bond acceptors (Lipinski definition) is 4. The molecule has 7 heteroatoms. The first kappa shape index (κ1) is 21.7. The van der Waals surface area contributed by atoms with E-state index in [0.29, 0.717) is 23.8 Å². The average Bonchev–Trinajstić information content (AvgIpc) is 2.78. The fourth-order valence-corrected chi connectivity index (χ4v) is 2.66. The van der Waals surface area contributed by atoms with E-state index < -0.39 is 11.7 Å². The van der Waals surface area contributed by atoms with Crippen molar-refractivity contribution in [1.82, 2.24) is 5.43 Å². The zero-order valence-corrected chi connectivity index (χ0v) is 17.0. The van der Waals surface area contributed by atoms with E-state index in [1.807, 2.05) is 30.3 Å². The zero-order chi connectivity index (χ0) is 22.1. The van der Waals surface area contributed by atoms with Crippen LogP contribution in [0.1, 0.15) is 29.3 Å². The molecule has 6 nitrogen and oxygen atoms in total. The molecule has 31 heavy (non-hydrogen) atoms. The summed E-state index contributed by atoms with van der Waals surface area (Å²) in [6.07, 6.45) is 0.00988. The van der Waals surface area contributed by atoms with E-state index in [1.165, 1.54) is 24.3 Å². The Bertz CT molecular complexity index is 1050. The summed E-state index contributed by atoms with van der Waals surface area (Å²) >= 11 is 0. The third-order valence-corrected chi connectivity index (χ3v) is 4.26. The number of hydrazone groups is 1. The molecule has 0 aromatic heterocycles. The minimum Gasteiger partial charge on any atom is -0.489 e. The maximum absolute atomic E-state index is 12.9. The number of rotatable bonds is 8. The number of benzene rings is 3. The standard InChI is InChI=1S/C24H22FN3O3/c1-17(27-28-24(30)19-7-9-20(25)10-8-19)15-23(29)26-21-11-13-22(14-12-21)31-16-18-5-3-2-4-6-18/h2-14H,15-16H2,1H3,(H,26,29)(H,28,30)/b27-17-. The summed E-state index contributed by atoms with van der Waals surface area (Å²) in [5.74, 6) is -0.479. The SMILES string of the molecule is C/C(CC(=O)Nc1ccc(OCc2ccccc2)cc1)=N/NC(=O)c1ccc(F)cc1. The molecule has 3 aromatic carbocycles. The number of amides is 2. The van der Waals surface area contributed by atoms with Gasteiger partial charge in [-0.25, -0.2) is 9.82 Å². The lowest BCUT2D eigenvalue weighted by Gasteiger charge is -2.09. The van der Waals surface area contributed by atoms with Crippen LogP contribution in [0.5, 0.6) is 5.75 Å². The summed E-state index contributed by atoms with van der Waals surface area (Å²) in [6, 6.07) is 22.0. The summed E-state index contributed by atoms with van der Waals surface area (Å²) in [7, 11) is 0. The van der Waals surface area contributed by atoms with Crippen molar-refractivity contribution in [1.29, 1.82) is 0 Å². The highest BCUT2D eigenvalue weighted by Gasteiger charge is 2.08. The summed E-state index contributed by atoms with van der Waals surface area (Å²) in [5.41, 5.74) is 4.75. The Balaban J connectivity index is 1.45. The maximum atomic E-state index is 12.9. The first-order chi connectivity index (χ1) is 15.0. The fourth-order valence-electron chi connectivity index (χ4n) is 2.66. The Kier molecular flexibility index (Phi) is 7.48. The Morgan fingerprint density at radius 1 is 0.935 bits per heavy atom. The maximum Gasteiger partial charge on any atom is 0.271 e. The third-order valence-electron chi connectivity index (χ3n) is 4.26. The highest BCUT2D eigenvalue weighted by molar-refractivity contribution is 6.06. The van der Waals surface area contributed by atoms with Gasteiger partial charge < -0.3 is 10.1 Å². The number of carbonyl (C=O) groups excluding carboxylic acids is 2. The molecule has 158 valence electrons. The lowest BCUT2D eigenvalue weighted by atomic mass is 10.2. The molecule has 0 aliphatic rings. The van der Waals surface area contributed by atoms with Gasteiger partial charge in [-0.2, -0.15) is 5.10 Å². The number of ether oxygens (including phenoxy) is 1. The molecule has 2 amide bonds. The molecule has 0 aliphatic carbocycles. The summed E-state index contributed by atoms with van der Waals surface area (Å²) in [6.45, 7) is 2.09. The quantitative estimate of drug-likeness (QED) is 0.416. The van der Waals surface area contributed by atoms with Crippen molar-refractivity contribution in [2.75, 3.05) is 5.32 Å². The monoisotopic (exact) mass is 419 g/mol.